The summed E-state index contributed by atoms with van der Waals surface area (Å²) in [6.45, 7) is 4.93. The number of nitrogens with zero attached hydrogens (tertiary/aromatic N) is 5. The fourth-order valence-corrected chi connectivity index (χ4v) is 4.43. The Hall–Kier alpha value is -2.62. The molecule has 0 unspecified atom stereocenters. The molecule has 29 heavy (non-hydrogen) atoms. The summed E-state index contributed by atoms with van der Waals surface area (Å²) in [4.78, 5) is 14.0. The molecule has 1 heterocycles. The molecule has 152 valence electrons. The summed E-state index contributed by atoms with van der Waals surface area (Å²) in [5.41, 5.74) is 3.55. The minimum Gasteiger partial charge on any atom is -0.340 e. The Morgan fingerprint density at radius 1 is 1.14 bits per heavy atom. The van der Waals surface area contributed by atoms with Gasteiger partial charge in [0.05, 0.1) is 30.7 Å². The fraction of sp³-hybridized carbons (Fsp3) is 0.450. The average Bonchev–Trinajstić information content (AvgIpc) is 3.19. The number of thioether (sulfide) groups is 1. The van der Waals surface area contributed by atoms with Crippen LogP contribution >= 0.6 is 23.1 Å². The van der Waals surface area contributed by atoms with Gasteiger partial charge < -0.3 is 10.2 Å². The van der Waals surface area contributed by atoms with Crippen LogP contribution in [0.5, 0.6) is 0 Å². The quantitative estimate of drug-likeness (QED) is 0.536. The highest BCUT2D eigenvalue weighted by molar-refractivity contribution is 8.01. The molecule has 0 aliphatic rings. The minimum atomic E-state index is -0.102. The molecule has 1 amide bonds. The molecule has 2 rings (SSSR count). The number of hydrogen-bond acceptors (Lipinski definition) is 8. The zero-order valence-corrected chi connectivity index (χ0v) is 18.3. The Morgan fingerprint density at radius 3 is 2.31 bits per heavy atom. The number of anilines is 2. The van der Waals surface area contributed by atoms with Crippen LogP contribution in [0.1, 0.15) is 37.8 Å². The summed E-state index contributed by atoms with van der Waals surface area (Å²) in [6.07, 6.45) is 2.36. The third-order valence-corrected chi connectivity index (χ3v) is 6.25. The van der Waals surface area contributed by atoms with Gasteiger partial charge in [-0.2, -0.15) is 10.5 Å². The molecule has 0 fully saturated rings. The first-order chi connectivity index (χ1) is 14.1. The van der Waals surface area contributed by atoms with Crippen molar-refractivity contribution in [2.45, 2.75) is 43.9 Å². The summed E-state index contributed by atoms with van der Waals surface area (Å²) < 4.78 is 0.702. The molecular weight excluding hydrogens is 404 g/mol. The fourth-order valence-electron chi connectivity index (χ4n) is 2.77. The van der Waals surface area contributed by atoms with Gasteiger partial charge in [-0.3, -0.25) is 4.79 Å². The predicted molar refractivity (Wildman–Crippen MR) is 116 cm³/mol. The normalized spacial score (nSPS) is 10.2. The largest absolute Gasteiger partial charge is 0.340 e. The third kappa shape index (κ3) is 6.74. The number of aromatic nitrogens is 2. The van der Waals surface area contributed by atoms with E-state index in [1.165, 1.54) is 34.2 Å². The van der Waals surface area contributed by atoms with E-state index >= 15 is 0 Å². The van der Waals surface area contributed by atoms with Crippen molar-refractivity contribution < 1.29 is 4.79 Å². The van der Waals surface area contributed by atoms with Gasteiger partial charge in [0.1, 0.15) is 0 Å². The summed E-state index contributed by atoms with van der Waals surface area (Å²) in [7, 11) is 0. The van der Waals surface area contributed by atoms with E-state index in [-0.39, 0.29) is 24.5 Å². The summed E-state index contributed by atoms with van der Waals surface area (Å²) in [5.74, 6) is 0.104. The van der Waals surface area contributed by atoms with E-state index in [0.717, 1.165) is 18.5 Å². The molecule has 1 aromatic carbocycles. The summed E-state index contributed by atoms with van der Waals surface area (Å²) in [5, 5.41) is 30.0. The highest BCUT2D eigenvalue weighted by Gasteiger charge is 2.16. The second-order valence-electron chi connectivity index (χ2n) is 6.14. The van der Waals surface area contributed by atoms with Gasteiger partial charge in [0, 0.05) is 18.8 Å². The molecule has 0 bridgehead atoms. The van der Waals surface area contributed by atoms with Crippen molar-refractivity contribution in [3.8, 4) is 12.1 Å². The van der Waals surface area contributed by atoms with Crippen LogP contribution in [0.15, 0.2) is 22.5 Å². The van der Waals surface area contributed by atoms with Gasteiger partial charge in [-0.15, -0.1) is 10.2 Å². The van der Waals surface area contributed by atoms with E-state index in [1.54, 1.807) is 4.90 Å². The molecule has 2 aromatic rings. The van der Waals surface area contributed by atoms with Crippen molar-refractivity contribution in [2.75, 3.05) is 24.2 Å². The number of carbonyl (C=O) groups is 1. The van der Waals surface area contributed by atoms with Crippen molar-refractivity contribution in [1.29, 1.82) is 10.5 Å². The lowest BCUT2D eigenvalue weighted by atomic mass is 10.0. The molecule has 0 radical (unpaired) electrons. The van der Waals surface area contributed by atoms with Crippen molar-refractivity contribution in [3.63, 3.8) is 0 Å². The van der Waals surface area contributed by atoms with Crippen LogP contribution in [0, 0.1) is 22.7 Å². The Balaban J connectivity index is 1.99. The monoisotopic (exact) mass is 428 g/mol. The maximum absolute atomic E-state index is 12.4. The first-order valence-electron chi connectivity index (χ1n) is 9.48. The SMILES string of the molecule is CCc1cccc(CC)c1Nc1nnc(SCC(=O)N(CCC#N)CCC#N)s1. The number of nitriles is 2. The molecular formula is C20H24N6OS2. The maximum Gasteiger partial charge on any atom is 0.233 e. The second-order valence-corrected chi connectivity index (χ2v) is 8.34. The first-order valence-corrected chi connectivity index (χ1v) is 11.3. The van der Waals surface area contributed by atoms with Crippen LogP contribution in [0.25, 0.3) is 0 Å². The predicted octanol–water partition coefficient (Wildman–Crippen LogP) is 4.15. The Bertz CT molecular complexity index is 859. The van der Waals surface area contributed by atoms with Crippen LogP contribution in [-0.4, -0.2) is 39.8 Å². The average molecular weight is 429 g/mol. The molecule has 0 spiro atoms. The summed E-state index contributed by atoms with van der Waals surface area (Å²) in [6, 6.07) is 10.4. The Kier molecular flexibility index (Phi) is 9.42. The van der Waals surface area contributed by atoms with E-state index in [9.17, 15) is 4.79 Å². The molecule has 0 aliphatic heterocycles. The van der Waals surface area contributed by atoms with Gasteiger partial charge in [0.25, 0.3) is 0 Å². The maximum atomic E-state index is 12.4. The third-order valence-electron chi connectivity index (χ3n) is 4.30. The second kappa shape index (κ2) is 12.1. The number of para-hydroxylation sites is 1. The van der Waals surface area contributed by atoms with E-state index < -0.39 is 0 Å². The highest BCUT2D eigenvalue weighted by Crippen LogP contribution is 2.31. The molecule has 0 atom stereocenters. The van der Waals surface area contributed by atoms with Gasteiger partial charge >= 0.3 is 0 Å². The Labute approximate surface area is 179 Å². The molecule has 9 heteroatoms. The first kappa shape index (κ1) is 22.7. The van der Waals surface area contributed by atoms with Gasteiger partial charge in [-0.1, -0.05) is 55.1 Å². The number of benzene rings is 1. The topological polar surface area (TPSA) is 106 Å². The van der Waals surface area contributed by atoms with Gasteiger partial charge in [0.15, 0.2) is 4.34 Å². The molecule has 1 N–H and O–H groups in total. The number of hydrogen-bond donors (Lipinski definition) is 1. The lowest BCUT2D eigenvalue weighted by Gasteiger charge is -2.19. The van der Waals surface area contributed by atoms with Crippen LogP contribution in [-0.2, 0) is 17.6 Å². The van der Waals surface area contributed by atoms with E-state index in [4.69, 9.17) is 10.5 Å². The van der Waals surface area contributed by atoms with Crippen molar-refractivity contribution >= 4 is 39.8 Å². The van der Waals surface area contributed by atoms with E-state index in [1.807, 2.05) is 12.1 Å². The summed E-state index contributed by atoms with van der Waals surface area (Å²) >= 11 is 2.73. The zero-order chi connectivity index (χ0) is 21.1. The standard InChI is InChI=1S/C20H24N6OS2/c1-3-15-8-5-9-16(4-2)18(15)23-19-24-25-20(29-19)28-14-17(27)26(12-6-10-21)13-7-11-22/h5,8-9H,3-4,6-7,12-14H2,1-2H3,(H,23,24). The minimum absolute atomic E-state index is 0.102. The van der Waals surface area contributed by atoms with Gasteiger partial charge in [0.2, 0.25) is 11.0 Å². The number of amides is 1. The van der Waals surface area contributed by atoms with Crippen LogP contribution in [0.3, 0.4) is 0 Å². The molecule has 7 nitrogen and oxygen atoms in total. The van der Waals surface area contributed by atoms with Crippen molar-refractivity contribution in [1.82, 2.24) is 15.1 Å². The van der Waals surface area contributed by atoms with Crippen LogP contribution in [0.4, 0.5) is 10.8 Å². The number of nitrogens with one attached hydrogen (secondary N) is 1. The lowest BCUT2D eigenvalue weighted by molar-refractivity contribution is -0.128. The molecule has 0 aliphatic carbocycles. The number of carbonyl (C=O) groups excluding carboxylic acids is 1. The Morgan fingerprint density at radius 2 is 1.76 bits per heavy atom. The lowest BCUT2D eigenvalue weighted by Crippen LogP contribution is -2.34. The van der Waals surface area contributed by atoms with Gasteiger partial charge in [-0.25, -0.2) is 0 Å². The molecule has 0 saturated heterocycles. The van der Waals surface area contributed by atoms with Crippen LogP contribution in [0.2, 0.25) is 0 Å². The number of aryl methyl sites for hydroxylation is 2. The van der Waals surface area contributed by atoms with Crippen molar-refractivity contribution in [2.24, 2.45) is 0 Å². The van der Waals surface area contributed by atoms with Gasteiger partial charge in [-0.05, 0) is 24.0 Å². The van der Waals surface area contributed by atoms with E-state index in [2.05, 4.69) is 47.6 Å². The number of rotatable bonds is 11. The van der Waals surface area contributed by atoms with Crippen molar-refractivity contribution in [3.05, 3.63) is 29.3 Å². The molecule has 0 saturated carbocycles. The smallest absolute Gasteiger partial charge is 0.233 e. The highest BCUT2D eigenvalue weighted by atomic mass is 32.2. The van der Waals surface area contributed by atoms with E-state index in [0.29, 0.717) is 22.6 Å². The molecule has 1 aromatic heterocycles. The zero-order valence-electron chi connectivity index (χ0n) is 16.6. The van der Waals surface area contributed by atoms with Crippen LogP contribution < -0.4 is 5.32 Å².